The smallest absolute Gasteiger partial charge is 0.215 e. The van der Waals surface area contributed by atoms with Crippen LogP contribution in [0.25, 0.3) is 0 Å². The normalized spacial score (nSPS) is 14.3. The lowest BCUT2D eigenvalue weighted by molar-refractivity contribution is 0.324. The van der Waals surface area contributed by atoms with Gasteiger partial charge in [0.25, 0.3) is 0 Å². The molecular formula is C2H7O3P. The molecule has 3 nitrogen and oxygen atoms in total. The second-order valence-electron chi connectivity index (χ2n) is 0.734. The third kappa shape index (κ3) is 2.39. The van der Waals surface area contributed by atoms with Crippen molar-refractivity contribution in [3.63, 3.8) is 0 Å². The van der Waals surface area contributed by atoms with Crippen molar-refractivity contribution in [3.8, 4) is 0 Å². The minimum absolute atomic E-state index is 0.346. The lowest BCUT2D eigenvalue weighted by Crippen LogP contribution is -1.71. The van der Waals surface area contributed by atoms with Gasteiger partial charge in [0.2, 0.25) is 8.03 Å². The van der Waals surface area contributed by atoms with E-state index in [1.807, 2.05) is 0 Å². The molecule has 0 radical (unpaired) electrons. The van der Waals surface area contributed by atoms with Gasteiger partial charge in [0.1, 0.15) is 6.35 Å². The van der Waals surface area contributed by atoms with Gasteiger partial charge in [-0.1, -0.05) is 0 Å². The fraction of sp³-hybridized carbons (Fsp3) is 1.00. The summed E-state index contributed by atoms with van der Waals surface area (Å²) in [5, 5.41) is 7.94. The average Bonchev–Trinajstić information content (AvgIpc) is 1.65. The Labute approximate surface area is 36.8 Å². The van der Waals surface area contributed by atoms with Crippen LogP contribution in [-0.2, 0) is 9.09 Å². The molecule has 0 spiro atoms. The zero-order valence-corrected chi connectivity index (χ0v) is 4.47. The number of rotatable bonds is 2. The highest BCUT2D eigenvalue weighted by Gasteiger charge is 1.85. The summed E-state index contributed by atoms with van der Waals surface area (Å²) in [6.07, 6.45) is -0.346. The molecule has 0 aromatic carbocycles. The Morgan fingerprint density at radius 1 is 2.00 bits per heavy atom. The predicted octanol–water partition coefficient (Wildman–Crippen LogP) is 0.0573. The highest BCUT2D eigenvalue weighted by molar-refractivity contribution is 7.38. The number of aliphatic hydroxyl groups is 1. The van der Waals surface area contributed by atoms with E-state index in [2.05, 4.69) is 4.52 Å². The minimum Gasteiger partial charge on any atom is -0.387 e. The first kappa shape index (κ1) is 6.15. The molecule has 0 rings (SSSR count). The van der Waals surface area contributed by atoms with Crippen LogP contribution in [0.2, 0.25) is 0 Å². The van der Waals surface area contributed by atoms with Gasteiger partial charge in [-0.15, -0.1) is 0 Å². The molecule has 0 saturated heterocycles. The average molecular weight is 110 g/mol. The lowest BCUT2D eigenvalue weighted by Gasteiger charge is -1.86. The quantitative estimate of drug-likeness (QED) is 0.511. The van der Waals surface area contributed by atoms with E-state index in [9.17, 15) is 4.57 Å². The summed E-state index contributed by atoms with van der Waals surface area (Å²) >= 11 is 0. The first-order valence-corrected chi connectivity index (χ1v) is 3.01. The molecule has 1 atom stereocenters. The molecule has 0 aromatic heterocycles. The van der Waals surface area contributed by atoms with Gasteiger partial charge >= 0.3 is 0 Å². The topological polar surface area (TPSA) is 46.5 Å². The largest absolute Gasteiger partial charge is 0.387 e. The molecule has 6 heavy (non-hydrogen) atoms. The molecule has 0 aliphatic heterocycles. The molecule has 1 unspecified atom stereocenters. The minimum atomic E-state index is -2.06. The van der Waals surface area contributed by atoms with Crippen molar-refractivity contribution in [2.24, 2.45) is 0 Å². The van der Waals surface area contributed by atoms with E-state index < -0.39 is 8.03 Å². The van der Waals surface area contributed by atoms with E-state index in [4.69, 9.17) is 5.11 Å². The summed E-state index contributed by atoms with van der Waals surface area (Å²) < 4.78 is 14.1. The van der Waals surface area contributed by atoms with Crippen molar-refractivity contribution in [2.45, 2.75) is 0 Å². The van der Waals surface area contributed by atoms with Gasteiger partial charge in [-0.3, -0.25) is 4.57 Å². The molecule has 38 valence electrons. The van der Waals surface area contributed by atoms with Crippen LogP contribution in [0.4, 0.5) is 0 Å². The fourth-order valence-corrected chi connectivity index (χ4v) is 0.194. The third-order valence-electron chi connectivity index (χ3n) is 0.357. The lowest BCUT2D eigenvalue weighted by atomic mass is 11.7. The molecule has 0 aliphatic rings. The van der Waals surface area contributed by atoms with E-state index in [-0.39, 0.29) is 6.35 Å². The van der Waals surface area contributed by atoms with Gasteiger partial charge in [0, 0.05) is 7.11 Å². The predicted molar refractivity (Wildman–Crippen MR) is 23.1 cm³/mol. The van der Waals surface area contributed by atoms with Crippen LogP contribution in [0.1, 0.15) is 0 Å². The number of aliphatic hydroxyl groups excluding tert-OH is 1. The first-order valence-electron chi connectivity index (χ1n) is 1.49. The van der Waals surface area contributed by atoms with Crippen molar-refractivity contribution >= 4 is 8.03 Å². The fourth-order valence-electron chi connectivity index (χ4n) is 0.0645. The maximum atomic E-state index is 9.89. The Hall–Kier alpha value is 0.150. The van der Waals surface area contributed by atoms with Gasteiger partial charge < -0.3 is 9.63 Å². The summed E-state index contributed by atoms with van der Waals surface area (Å²) in [7, 11) is -0.760. The van der Waals surface area contributed by atoms with Crippen molar-refractivity contribution in [3.05, 3.63) is 0 Å². The van der Waals surface area contributed by atoms with Crippen molar-refractivity contribution in [1.29, 1.82) is 0 Å². The van der Waals surface area contributed by atoms with E-state index >= 15 is 0 Å². The monoisotopic (exact) mass is 110 g/mol. The SMILES string of the molecule is CO[PH](=O)CO. The highest BCUT2D eigenvalue weighted by atomic mass is 31.1. The molecule has 0 amide bonds. The van der Waals surface area contributed by atoms with Crippen LogP contribution in [0.5, 0.6) is 0 Å². The van der Waals surface area contributed by atoms with Gasteiger partial charge in [-0.05, 0) is 0 Å². The van der Waals surface area contributed by atoms with E-state index in [1.54, 1.807) is 0 Å². The molecule has 1 N–H and O–H groups in total. The summed E-state index contributed by atoms with van der Waals surface area (Å²) in [6, 6.07) is 0. The Bertz CT molecular complexity index is 46.8. The Balaban J connectivity index is 2.99. The van der Waals surface area contributed by atoms with Crippen molar-refractivity contribution < 1.29 is 14.2 Å². The van der Waals surface area contributed by atoms with Crippen LogP contribution < -0.4 is 0 Å². The second kappa shape index (κ2) is 3.34. The van der Waals surface area contributed by atoms with E-state index in [0.29, 0.717) is 0 Å². The van der Waals surface area contributed by atoms with Crippen LogP contribution in [-0.4, -0.2) is 18.6 Å². The second-order valence-corrected chi connectivity index (χ2v) is 2.20. The van der Waals surface area contributed by atoms with Gasteiger partial charge in [-0.25, -0.2) is 0 Å². The maximum absolute atomic E-state index is 9.89. The summed E-state index contributed by atoms with van der Waals surface area (Å²) in [4.78, 5) is 0. The molecule has 4 heteroatoms. The molecule has 0 heterocycles. The van der Waals surface area contributed by atoms with Gasteiger partial charge in [0.15, 0.2) is 0 Å². The molecule has 0 saturated carbocycles. The molecule has 0 aromatic rings. The Morgan fingerprint density at radius 2 is 2.50 bits per heavy atom. The van der Waals surface area contributed by atoms with Crippen LogP contribution in [0.15, 0.2) is 0 Å². The summed E-state index contributed by atoms with van der Waals surface area (Å²) in [6.45, 7) is 0. The molecule has 0 bridgehead atoms. The first-order chi connectivity index (χ1) is 2.81. The molecular weight excluding hydrogens is 103 g/mol. The van der Waals surface area contributed by atoms with Crippen LogP contribution >= 0.6 is 8.03 Å². The van der Waals surface area contributed by atoms with Gasteiger partial charge in [0.05, 0.1) is 0 Å². The van der Waals surface area contributed by atoms with Crippen molar-refractivity contribution in [2.75, 3.05) is 13.5 Å². The Morgan fingerprint density at radius 3 is 2.50 bits per heavy atom. The highest BCUT2D eigenvalue weighted by Crippen LogP contribution is 2.15. The van der Waals surface area contributed by atoms with Gasteiger partial charge in [-0.2, -0.15) is 0 Å². The van der Waals surface area contributed by atoms with Crippen LogP contribution in [0, 0.1) is 0 Å². The zero-order chi connectivity index (χ0) is 4.99. The zero-order valence-electron chi connectivity index (χ0n) is 3.47. The third-order valence-corrected chi connectivity index (χ3v) is 1.07. The summed E-state index contributed by atoms with van der Waals surface area (Å²) in [5.41, 5.74) is 0. The van der Waals surface area contributed by atoms with E-state index in [0.717, 1.165) is 0 Å². The van der Waals surface area contributed by atoms with E-state index in [1.165, 1.54) is 7.11 Å². The van der Waals surface area contributed by atoms with Crippen molar-refractivity contribution in [1.82, 2.24) is 0 Å². The standard InChI is InChI=1S/C2H7O3P/c1-5-6(4)2-3/h3,6H,2H2,1H3. The Kier molecular flexibility index (Phi) is 3.43. The van der Waals surface area contributed by atoms with Crippen LogP contribution in [0.3, 0.4) is 0 Å². The molecule has 0 fully saturated rings. The number of hydrogen-bond acceptors (Lipinski definition) is 3. The molecule has 0 aliphatic carbocycles. The summed E-state index contributed by atoms with van der Waals surface area (Å²) in [5.74, 6) is 0. The number of hydrogen-bond donors (Lipinski definition) is 1. The maximum Gasteiger partial charge on any atom is 0.215 e.